The summed E-state index contributed by atoms with van der Waals surface area (Å²) in [4.78, 5) is 10.2. The van der Waals surface area contributed by atoms with Crippen molar-refractivity contribution in [1.29, 1.82) is 0 Å². The molecule has 1 aliphatic heterocycles. The molecule has 0 bridgehead atoms. The molecule has 3 unspecified atom stereocenters. The van der Waals surface area contributed by atoms with Crippen LogP contribution >= 0.6 is 0 Å². The van der Waals surface area contributed by atoms with Crippen molar-refractivity contribution in [3.8, 4) is 0 Å². The van der Waals surface area contributed by atoms with Gasteiger partial charge in [-0.05, 0) is 25.7 Å². The first-order valence-electron chi connectivity index (χ1n) is 9.86. The topological polar surface area (TPSA) is 70.1 Å². The van der Waals surface area contributed by atoms with Gasteiger partial charge in [0.15, 0.2) is 0 Å². The smallest absolute Gasteiger partial charge is 0.328 e. The molecule has 0 spiro atoms. The number of hydrogen-bond donors (Lipinski definition) is 2. The number of rotatable bonds is 15. The van der Waals surface area contributed by atoms with Crippen LogP contribution in [0.5, 0.6) is 0 Å². The van der Waals surface area contributed by atoms with E-state index in [1.165, 1.54) is 31.8 Å². The van der Waals surface area contributed by atoms with Gasteiger partial charge in [0.25, 0.3) is 0 Å². The Balaban J connectivity index is 1.87. The van der Waals surface area contributed by atoms with Crippen molar-refractivity contribution >= 4 is 5.97 Å². The third-order valence-corrected chi connectivity index (χ3v) is 4.43. The number of ether oxygens (including phenoxy) is 1. The molecular weight excluding hydrogens is 328 g/mol. The van der Waals surface area contributed by atoms with Gasteiger partial charge < -0.3 is 14.9 Å². The Morgan fingerprint density at radius 1 is 0.962 bits per heavy atom. The normalized spacial score (nSPS) is 21.5. The predicted octanol–water partition coefficient (Wildman–Crippen LogP) is 4.95. The lowest BCUT2D eigenvalue weighted by Gasteiger charge is -2.08. The summed E-state index contributed by atoms with van der Waals surface area (Å²) < 4.78 is 5.47. The van der Waals surface area contributed by atoms with Crippen LogP contribution in [0.4, 0.5) is 0 Å². The summed E-state index contributed by atoms with van der Waals surface area (Å²) >= 11 is 0. The molecule has 0 amide bonds. The van der Waals surface area contributed by atoms with Gasteiger partial charge in [0, 0.05) is 12.5 Å². The second-order valence-corrected chi connectivity index (χ2v) is 6.75. The summed E-state index contributed by atoms with van der Waals surface area (Å²) in [5.74, 6) is -0.937. The average Bonchev–Trinajstić information content (AvgIpc) is 3.36. The Bertz CT molecular complexity index is 490. The number of carboxylic acid groups (broad SMARTS) is 1. The number of aliphatic hydroxyl groups excluding tert-OH is 1. The highest BCUT2D eigenvalue weighted by Gasteiger charge is 2.37. The SMILES string of the molecule is CCC1OC1CC(O)CCCCCCC/C=C/C=C/C=C/C=C/C(=O)O. The van der Waals surface area contributed by atoms with E-state index in [1.807, 2.05) is 18.2 Å². The molecule has 4 heteroatoms. The summed E-state index contributed by atoms with van der Waals surface area (Å²) in [7, 11) is 0. The van der Waals surface area contributed by atoms with Crippen LogP contribution in [0, 0.1) is 0 Å². The van der Waals surface area contributed by atoms with Gasteiger partial charge in [-0.15, -0.1) is 0 Å². The first-order valence-corrected chi connectivity index (χ1v) is 9.86. The number of unbranched alkanes of at least 4 members (excludes halogenated alkanes) is 5. The van der Waals surface area contributed by atoms with E-state index in [0.717, 1.165) is 38.2 Å². The van der Waals surface area contributed by atoms with Gasteiger partial charge in [0.05, 0.1) is 18.3 Å². The quantitative estimate of drug-likeness (QED) is 0.187. The van der Waals surface area contributed by atoms with Crippen molar-refractivity contribution in [3.05, 3.63) is 48.6 Å². The molecule has 0 aromatic rings. The van der Waals surface area contributed by atoms with Crippen LogP contribution in [-0.2, 0) is 9.53 Å². The van der Waals surface area contributed by atoms with E-state index >= 15 is 0 Å². The standard InChI is InChI=1S/C22H34O4/c1-2-20-21(26-20)18-19(23)16-14-12-10-8-6-4-3-5-7-9-11-13-15-17-22(24)25/h3,5,7,9,11,13,15,17,19-21,23H,2,4,6,8,10,12,14,16,18H2,1H3,(H,24,25)/b5-3+,9-7+,13-11+,17-15+. The number of carboxylic acids is 1. The van der Waals surface area contributed by atoms with Crippen LogP contribution < -0.4 is 0 Å². The van der Waals surface area contributed by atoms with E-state index in [2.05, 4.69) is 13.0 Å². The number of aliphatic carboxylic acids is 1. The largest absolute Gasteiger partial charge is 0.478 e. The van der Waals surface area contributed by atoms with Crippen LogP contribution in [0.1, 0.15) is 64.7 Å². The average molecular weight is 363 g/mol. The molecule has 1 saturated heterocycles. The van der Waals surface area contributed by atoms with E-state index in [-0.39, 0.29) is 6.10 Å². The summed E-state index contributed by atoms with van der Waals surface area (Å²) in [5.41, 5.74) is 0. The lowest BCUT2D eigenvalue weighted by atomic mass is 10.0. The zero-order valence-corrected chi connectivity index (χ0v) is 15.9. The van der Waals surface area contributed by atoms with Gasteiger partial charge in [0.1, 0.15) is 0 Å². The van der Waals surface area contributed by atoms with Crippen molar-refractivity contribution in [2.45, 2.75) is 83.0 Å². The maximum atomic E-state index is 10.2. The van der Waals surface area contributed by atoms with E-state index in [1.54, 1.807) is 12.2 Å². The number of carbonyl (C=O) groups is 1. The van der Waals surface area contributed by atoms with Crippen molar-refractivity contribution in [2.24, 2.45) is 0 Å². The highest BCUT2D eigenvalue weighted by atomic mass is 16.6. The Morgan fingerprint density at radius 2 is 1.62 bits per heavy atom. The summed E-state index contributed by atoms with van der Waals surface area (Å²) in [5, 5.41) is 18.4. The van der Waals surface area contributed by atoms with E-state index in [4.69, 9.17) is 9.84 Å². The van der Waals surface area contributed by atoms with Crippen LogP contribution in [0.25, 0.3) is 0 Å². The van der Waals surface area contributed by atoms with Crippen LogP contribution in [-0.4, -0.2) is 34.5 Å². The Kier molecular flexibility index (Phi) is 12.5. The van der Waals surface area contributed by atoms with E-state index in [9.17, 15) is 9.90 Å². The molecule has 146 valence electrons. The van der Waals surface area contributed by atoms with Crippen LogP contribution in [0.2, 0.25) is 0 Å². The summed E-state index contributed by atoms with van der Waals surface area (Å²) in [6.45, 7) is 2.13. The van der Waals surface area contributed by atoms with Gasteiger partial charge in [-0.2, -0.15) is 0 Å². The maximum absolute atomic E-state index is 10.2. The van der Waals surface area contributed by atoms with Crippen molar-refractivity contribution in [2.75, 3.05) is 0 Å². The molecule has 0 radical (unpaired) electrons. The predicted molar refractivity (Wildman–Crippen MR) is 106 cm³/mol. The molecule has 4 nitrogen and oxygen atoms in total. The summed E-state index contributed by atoms with van der Waals surface area (Å²) in [6, 6.07) is 0. The lowest BCUT2D eigenvalue weighted by molar-refractivity contribution is -0.131. The molecule has 0 aromatic heterocycles. The second kappa shape index (κ2) is 14.5. The fourth-order valence-electron chi connectivity index (χ4n) is 2.87. The zero-order valence-electron chi connectivity index (χ0n) is 15.9. The molecule has 1 heterocycles. The highest BCUT2D eigenvalue weighted by molar-refractivity contribution is 5.80. The molecule has 3 atom stereocenters. The first kappa shape index (κ1) is 22.4. The minimum absolute atomic E-state index is 0.195. The molecule has 0 aromatic carbocycles. The van der Waals surface area contributed by atoms with Crippen LogP contribution in [0.15, 0.2) is 48.6 Å². The lowest BCUT2D eigenvalue weighted by Crippen LogP contribution is -2.11. The highest BCUT2D eigenvalue weighted by Crippen LogP contribution is 2.30. The van der Waals surface area contributed by atoms with E-state index < -0.39 is 5.97 Å². The van der Waals surface area contributed by atoms with Crippen molar-refractivity contribution in [3.63, 3.8) is 0 Å². The fraction of sp³-hybridized carbons (Fsp3) is 0.591. The number of hydrogen-bond acceptors (Lipinski definition) is 3. The van der Waals surface area contributed by atoms with Gasteiger partial charge >= 0.3 is 5.97 Å². The minimum atomic E-state index is -0.937. The molecular formula is C22H34O4. The minimum Gasteiger partial charge on any atom is -0.478 e. The third kappa shape index (κ3) is 12.7. The monoisotopic (exact) mass is 362 g/mol. The maximum Gasteiger partial charge on any atom is 0.328 e. The molecule has 0 saturated carbocycles. The zero-order chi connectivity index (χ0) is 19.0. The Morgan fingerprint density at radius 3 is 2.31 bits per heavy atom. The van der Waals surface area contributed by atoms with Gasteiger partial charge in [0.2, 0.25) is 0 Å². The molecule has 1 aliphatic rings. The number of epoxide rings is 1. The molecule has 2 N–H and O–H groups in total. The van der Waals surface area contributed by atoms with Gasteiger partial charge in [-0.3, -0.25) is 0 Å². The molecule has 26 heavy (non-hydrogen) atoms. The second-order valence-electron chi connectivity index (χ2n) is 6.75. The van der Waals surface area contributed by atoms with Gasteiger partial charge in [-0.25, -0.2) is 4.79 Å². The Hall–Kier alpha value is -1.65. The molecule has 0 aliphatic carbocycles. The molecule has 1 rings (SSSR count). The first-order chi connectivity index (χ1) is 12.6. The fourth-order valence-corrected chi connectivity index (χ4v) is 2.87. The third-order valence-electron chi connectivity index (χ3n) is 4.43. The van der Waals surface area contributed by atoms with Crippen LogP contribution in [0.3, 0.4) is 0 Å². The van der Waals surface area contributed by atoms with Crippen molar-refractivity contribution < 1.29 is 19.7 Å². The number of aliphatic hydroxyl groups is 1. The number of allylic oxidation sites excluding steroid dienone is 7. The molecule has 1 fully saturated rings. The summed E-state index contributed by atoms with van der Waals surface area (Å²) in [6.07, 6.45) is 24.4. The van der Waals surface area contributed by atoms with Gasteiger partial charge in [-0.1, -0.05) is 75.1 Å². The Labute approximate surface area is 158 Å². The van der Waals surface area contributed by atoms with Crippen molar-refractivity contribution in [1.82, 2.24) is 0 Å². The van der Waals surface area contributed by atoms with E-state index in [0.29, 0.717) is 12.2 Å².